The molecule has 1 nitrogen and oxygen atoms in total. The van der Waals surface area contributed by atoms with Gasteiger partial charge in [-0.15, -0.1) is 5.92 Å². The molecule has 0 aromatic rings. The zero-order valence-electron chi connectivity index (χ0n) is 17.3. The molecule has 0 heterocycles. The van der Waals surface area contributed by atoms with Crippen molar-refractivity contribution in [3.05, 3.63) is 0 Å². The van der Waals surface area contributed by atoms with Crippen molar-refractivity contribution < 1.29 is 4.74 Å². The van der Waals surface area contributed by atoms with E-state index >= 15 is 0 Å². The third-order valence-electron chi connectivity index (χ3n) is 4.52. The van der Waals surface area contributed by atoms with E-state index in [1.54, 1.807) is 0 Å². The Labute approximate surface area is 154 Å². The lowest BCUT2D eigenvalue weighted by Crippen LogP contribution is -2.35. The Hall–Kier alpha value is -0.415. The molecule has 0 aromatic carbocycles. The summed E-state index contributed by atoms with van der Waals surface area (Å²) in [6, 6.07) is 0. The first kappa shape index (κ1) is 23.6. The van der Waals surface area contributed by atoms with Gasteiger partial charge in [-0.3, -0.25) is 0 Å². The van der Waals surface area contributed by atoms with Crippen LogP contribution in [-0.4, -0.2) is 19.6 Å². The molecule has 2 heteroatoms. The standard InChI is InChI=1S/C22H41BO/c1-7-9-11-12-13-14-16-20(15-10-8-2)24-22(5,6)19-21(3,4)17-18-23/h20H,7-16,19H2,1-6H3. The normalized spacial score (nSPS) is 13.4. The molecule has 0 aliphatic rings. The van der Waals surface area contributed by atoms with Crippen LogP contribution in [0, 0.1) is 17.2 Å². The first-order valence-electron chi connectivity index (χ1n) is 10.2. The Kier molecular flexibility index (Phi) is 12.7. The molecule has 0 N–H and O–H groups in total. The molecule has 0 rings (SSSR count). The second-order valence-electron chi connectivity index (χ2n) is 8.53. The fourth-order valence-corrected chi connectivity index (χ4v) is 3.64. The molecule has 0 fully saturated rings. The van der Waals surface area contributed by atoms with E-state index in [9.17, 15) is 0 Å². The summed E-state index contributed by atoms with van der Waals surface area (Å²) in [6.07, 6.45) is 14.2. The van der Waals surface area contributed by atoms with Gasteiger partial charge in [0.2, 0.25) is 0 Å². The van der Waals surface area contributed by atoms with Gasteiger partial charge >= 0.3 is 0 Å². The topological polar surface area (TPSA) is 9.23 Å². The van der Waals surface area contributed by atoms with E-state index < -0.39 is 0 Å². The molecule has 24 heavy (non-hydrogen) atoms. The average Bonchev–Trinajstić information content (AvgIpc) is 2.46. The van der Waals surface area contributed by atoms with Crippen LogP contribution >= 0.6 is 0 Å². The molecule has 1 atom stereocenters. The maximum absolute atomic E-state index is 6.54. The summed E-state index contributed by atoms with van der Waals surface area (Å²) in [5.74, 6) is 5.69. The van der Waals surface area contributed by atoms with Gasteiger partial charge in [0.1, 0.15) is 0 Å². The first-order chi connectivity index (χ1) is 11.3. The van der Waals surface area contributed by atoms with E-state index in [0.717, 1.165) is 6.42 Å². The van der Waals surface area contributed by atoms with Gasteiger partial charge in [0.05, 0.1) is 11.7 Å². The highest BCUT2D eigenvalue weighted by Gasteiger charge is 2.30. The van der Waals surface area contributed by atoms with Crippen molar-refractivity contribution in [3.63, 3.8) is 0 Å². The van der Waals surface area contributed by atoms with E-state index in [2.05, 4.69) is 53.3 Å². The first-order valence-corrected chi connectivity index (χ1v) is 10.2. The Morgan fingerprint density at radius 3 is 1.96 bits per heavy atom. The monoisotopic (exact) mass is 332 g/mol. The van der Waals surface area contributed by atoms with Crippen molar-refractivity contribution >= 4 is 7.85 Å². The second kappa shape index (κ2) is 12.9. The molecule has 0 aliphatic heterocycles. The van der Waals surface area contributed by atoms with Crippen LogP contribution in [-0.2, 0) is 4.74 Å². The minimum Gasteiger partial charge on any atom is -0.372 e. The molecule has 0 aliphatic carbocycles. The highest BCUT2D eigenvalue weighted by atomic mass is 16.5. The van der Waals surface area contributed by atoms with Crippen LogP contribution in [0.15, 0.2) is 0 Å². The lowest BCUT2D eigenvalue weighted by atomic mass is 9.81. The van der Waals surface area contributed by atoms with Gasteiger partial charge in [-0.2, -0.15) is 5.82 Å². The number of hydrogen-bond donors (Lipinski definition) is 0. The quantitative estimate of drug-likeness (QED) is 0.197. The summed E-state index contributed by atoms with van der Waals surface area (Å²) in [7, 11) is 5.41. The summed E-state index contributed by atoms with van der Waals surface area (Å²) in [4.78, 5) is 0. The summed E-state index contributed by atoms with van der Waals surface area (Å²) in [5, 5.41) is 0. The van der Waals surface area contributed by atoms with Gasteiger partial charge in [-0.1, -0.05) is 65.2 Å². The van der Waals surface area contributed by atoms with Gasteiger partial charge in [0.25, 0.3) is 0 Å². The van der Waals surface area contributed by atoms with Gasteiger partial charge in [0.15, 0.2) is 7.85 Å². The summed E-state index contributed by atoms with van der Waals surface area (Å²) in [5.41, 5.74) is -0.262. The zero-order chi connectivity index (χ0) is 18.5. The van der Waals surface area contributed by atoms with Crippen LogP contribution in [0.5, 0.6) is 0 Å². The lowest BCUT2D eigenvalue weighted by Gasteiger charge is -2.35. The van der Waals surface area contributed by atoms with Gasteiger partial charge in [-0.05, 0) is 47.0 Å². The third kappa shape index (κ3) is 12.9. The van der Waals surface area contributed by atoms with Crippen LogP contribution in [0.1, 0.15) is 112 Å². The Morgan fingerprint density at radius 2 is 1.38 bits per heavy atom. The van der Waals surface area contributed by atoms with E-state index in [1.165, 1.54) is 64.2 Å². The van der Waals surface area contributed by atoms with Crippen LogP contribution < -0.4 is 0 Å². The lowest BCUT2D eigenvalue weighted by molar-refractivity contribution is -0.0935. The molecular weight excluding hydrogens is 291 g/mol. The summed E-state index contributed by atoms with van der Waals surface area (Å²) in [6.45, 7) is 13.2. The second-order valence-corrected chi connectivity index (χ2v) is 8.53. The zero-order valence-corrected chi connectivity index (χ0v) is 17.3. The predicted molar refractivity (Wildman–Crippen MR) is 108 cm³/mol. The fourth-order valence-electron chi connectivity index (χ4n) is 3.64. The Balaban J connectivity index is 4.43. The largest absolute Gasteiger partial charge is 0.372 e. The molecule has 0 aromatic heterocycles. The molecule has 2 radical (unpaired) electrons. The molecule has 0 bridgehead atoms. The SMILES string of the molecule is [B]C#CC(C)(C)CC(C)(C)OC(CCCC)CCCCCCCC. The third-order valence-corrected chi connectivity index (χ3v) is 4.52. The van der Waals surface area contributed by atoms with Crippen LogP contribution in [0.25, 0.3) is 0 Å². The van der Waals surface area contributed by atoms with E-state index in [1.807, 2.05) is 0 Å². The Morgan fingerprint density at radius 1 is 0.833 bits per heavy atom. The average molecular weight is 332 g/mol. The van der Waals surface area contributed by atoms with E-state index in [-0.39, 0.29) is 11.0 Å². The smallest absolute Gasteiger partial charge is 0.187 e. The van der Waals surface area contributed by atoms with Gasteiger partial charge < -0.3 is 4.74 Å². The van der Waals surface area contributed by atoms with Gasteiger partial charge in [-0.25, -0.2) is 0 Å². The van der Waals surface area contributed by atoms with Crippen molar-refractivity contribution in [2.24, 2.45) is 5.41 Å². The molecule has 0 amide bonds. The number of unbranched alkanes of at least 4 members (excludes halogenated alkanes) is 6. The van der Waals surface area contributed by atoms with Crippen molar-refractivity contribution in [3.8, 4) is 11.7 Å². The van der Waals surface area contributed by atoms with Crippen molar-refractivity contribution in [2.45, 2.75) is 124 Å². The van der Waals surface area contributed by atoms with Crippen LogP contribution in [0.3, 0.4) is 0 Å². The van der Waals surface area contributed by atoms with E-state index in [4.69, 9.17) is 12.6 Å². The van der Waals surface area contributed by atoms with Crippen LogP contribution in [0.4, 0.5) is 0 Å². The molecule has 138 valence electrons. The minimum absolute atomic E-state index is 0.103. The molecule has 1 unspecified atom stereocenters. The van der Waals surface area contributed by atoms with E-state index in [0.29, 0.717) is 6.10 Å². The highest BCUT2D eigenvalue weighted by Crippen LogP contribution is 2.32. The van der Waals surface area contributed by atoms with Crippen molar-refractivity contribution in [1.82, 2.24) is 0 Å². The minimum atomic E-state index is -0.159. The number of hydrogen-bond acceptors (Lipinski definition) is 1. The summed E-state index contributed by atoms with van der Waals surface area (Å²) < 4.78 is 6.54. The Bertz CT molecular complexity index is 362. The van der Waals surface area contributed by atoms with Crippen molar-refractivity contribution in [1.29, 1.82) is 0 Å². The van der Waals surface area contributed by atoms with Gasteiger partial charge in [0, 0.05) is 5.41 Å². The molecule has 0 saturated heterocycles. The predicted octanol–water partition coefficient (Wildman–Crippen LogP) is 6.64. The fraction of sp³-hybridized carbons (Fsp3) is 0.909. The molecule has 0 spiro atoms. The molecule has 0 saturated carbocycles. The van der Waals surface area contributed by atoms with Crippen molar-refractivity contribution in [2.75, 3.05) is 0 Å². The number of ether oxygens (including phenoxy) is 1. The maximum Gasteiger partial charge on any atom is 0.187 e. The highest BCUT2D eigenvalue weighted by molar-refractivity contribution is 6.22. The number of rotatable bonds is 14. The molecular formula is C22H41BO. The summed E-state index contributed by atoms with van der Waals surface area (Å²) >= 11 is 0. The maximum atomic E-state index is 6.54. The van der Waals surface area contributed by atoms with Crippen LogP contribution in [0.2, 0.25) is 0 Å².